The van der Waals surface area contributed by atoms with E-state index in [1.165, 1.54) is 12.8 Å². The molecule has 4 heteroatoms. The zero-order valence-corrected chi connectivity index (χ0v) is 8.95. The van der Waals surface area contributed by atoms with Crippen LogP contribution in [0.5, 0.6) is 0 Å². The fourth-order valence-corrected chi connectivity index (χ4v) is 1.73. The Balaban J connectivity index is 1.63. The Morgan fingerprint density at radius 3 is 2.67 bits per heavy atom. The lowest BCUT2D eigenvalue weighted by Gasteiger charge is -2.23. The van der Waals surface area contributed by atoms with Crippen molar-refractivity contribution in [3.05, 3.63) is 0 Å². The largest absolute Gasteiger partial charge is 0.381 e. The SMILES string of the molecule is N#CC(COC1CCOCC1)NC1CC1. The van der Waals surface area contributed by atoms with E-state index in [2.05, 4.69) is 11.4 Å². The predicted octanol–water partition coefficient (Wildman–Crippen LogP) is 0.826. The standard InChI is InChI=1S/C11H18N2O2/c12-7-10(13-9-1-2-9)8-15-11-3-5-14-6-4-11/h9-11,13H,1-6,8H2. The summed E-state index contributed by atoms with van der Waals surface area (Å²) in [6.45, 7) is 2.09. The summed E-state index contributed by atoms with van der Waals surface area (Å²) in [6.07, 6.45) is 4.62. The molecule has 84 valence electrons. The third-order valence-electron chi connectivity index (χ3n) is 2.84. The average Bonchev–Trinajstić information content (AvgIpc) is 3.09. The van der Waals surface area contributed by atoms with E-state index >= 15 is 0 Å². The van der Waals surface area contributed by atoms with Crippen molar-refractivity contribution in [1.29, 1.82) is 5.26 Å². The van der Waals surface area contributed by atoms with Crippen LogP contribution >= 0.6 is 0 Å². The quantitative estimate of drug-likeness (QED) is 0.730. The molecule has 15 heavy (non-hydrogen) atoms. The number of nitriles is 1. The molecule has 0 aromatic rings. The van der Waals surface area contributed by atoms with E-state index in [1.807, 2.05) is 0 Å². The van der Waals surface area contributed by atoms with Gasteiger partial charge in [0.2, 0.25) is 0 Å². The first-order valence-electron chi connectivity index (χ1n) is 5.73. The van der Waals surface area contributed by atoms with E-state index in [0.29, 0.717) is 12.6 Å². The lowest BCUT2D eigenvalue weighted by molar-refractivity contribution is -0.0346. The molecule has 0 bridgehead atoms. The van der Waals surface area contributed by atoms with Crippen molar-refractivity contribution in [1.82, 2.24) is 5.32 Å². The van der Waals surface area contributed by atoms with E-state index in [4.69, 9.17) is 14.7 Å². The molecule has 1 unspecified atom stereocenters. The first-order chi connectivity index (χ1) is 7.38. The fraction of sp³-hybridized carbons (Fsp3) is 0.909. The molecule has 0 aromatic carbocycles. The van der Waals surface area contributed by atoms with Crippen LogP contribution in [0.1, 0.15) is 25.7 Å². The molecule has 1 N–H and O–H groups in total. The zero-order chi connectivity index (χ0) is 10.5. The van der Waals surface area contributed by atoms with E-state index < -0.39 is 0 Å². The van der Waals surface area contributed by atoms with Crippen molar-refractivity contribution >= 4 is 0 Å². The first-order valence-corrected chi connectivity index (χ1v) is 5.73. The molecule has 2 aliphatic rings. The van der Waals surface area contributed by atoms with Gasteiger partial charge in [0.25, 0.3) is 0 Å². The number of ether oxygens (including phenoxy) is 2. The summed E-state index contributed by atoms with van der Waals surface area (Å²) in [6, 6.07) is 2.67. The second-order valence-electron chi connectivity index (χ2n) is 4.27. The molecular weight excluding hydrogens is 192 g/mol. The van der Waals surface area contributed by atoms with Gasteiger partial charge in [-0.25, -0.2) is 0 Å². The van der Waals surface area contributed by atoms with Gasteiger partial charge in [0.1, 0.15) is 6.04 Å². The molecule has 0 amide bonds. The summed E-state index contributed by atoms with van der Waals surface area (Å²) in [4.78, 5) is 0. The summed E-state index contributed by atoms with van der Waals surface area (Å²) < 4.78 is 10.9. The molecule has 2 rings (SSSR count). The Hall–Kier alpha value is -0.630. The second kappa shape index (κ2) is 5.45. The van der Waals surface area contributed by atoms with Gasteiger partial charge in [0.05, 0.1) is 18.8 Å². The van der Waals surface area contributed by atoms with Crippen molar-refractivity contribution in [2.24, 2.45) is 0 Å². The molecule has 1 saturated carbocycles. The van der Waals surface area contributed by atoms with Crippen LogP contribution in [0.4, 0.5) is 0 Å². The van der Waals surface area contributed by atoms with Gasteiger partial charge in [-0.1, -0.05) is 0 Å². The van der Waals surface area contributed by atoms with Crippen LogP contribution in [0.25, 0.3) is 0 Å². The Kier molecular flexibility index (Phi) is 3.95. The fourth-order valence-electron chi connectivity index (χ4n) is 1.73. The number of nitrogens with one attached hydrogen (secondary N) is 1. The molecule has 1 saturated heterocycles. The number of nitrogens with zero attached hydrogens (tertiary/aromatic N) is 1. The highest BCUT2D eigenvalue weighted by molar-refractivity contribution is 4.95. The van der Waals surface area contributed by atoms with Gasteiger partial charge in [-0.2, -0.15) is 5.26 Å². The van der Waals surface area contributed by atoms with Crippen LogP contribution in [0.3, 0.4) is 0 Å². The predicted molar refractivity (Wildman–Crippen MR) is 55.4 cm³/mol. The third kappa shape index (κ3) is 3.78. The monoisotopic (exact) mass is 210 g/mol. The van der Waals surface area contributed by atoms with Crippen molar-refractivity contribution in [3.8, 4) is 6.07 Å². The molecule has 0 radical (unpaired) electrons. The molecule has 1 atom stereocenters. The second-order valence-corrected chi connectivity index (χ2v) is 4.27. The van der Waals surface area contributed by atoms with Gasteiger partial charge in [0, 0.05) is 19.3 Å². The maximum atomic E-state index is 8.91. The molecule has 4 nitrogen and oxygen atoms in total. The molecule has 0 spiro atoms. The summed E-state index contributed by atoms with van der Waals surface area (Å²) >= 11 is 0. The van der Waals surface area contributed by atoms with Crippen molar-refractivity contribution in [3.63, 3.8) is 0 Å². The average molecular weight is 210 g/mol. The van der Waals surface area contributed by atoms with Crippen molar-refractivity contribution in [2.75, 3.05) is 19.8 Å². The lowest BCUT2D eigenvalue weighted by Crippen LogP contribution is -2.36. The van der Waals surface area contributed by atoms with Gasteiger partial charge in [0.15, 0.2) is 0 Å². The molecular formula is C11H18N2O2. The van der Waals surface area contributed by atoms with Crippen molar-refractivity contribution < 1.29 is 9.47 Å². The van der Waals surface area contributed by atoms with Gasteiger partial charge in [-0.15, -0.1) is 0 Å². The van der Waals surface area contributed by atoms with Crippen molar-refractivity contribution in [2.45, 2.75) is 43.9 Å². The maximum Gasteiger partial charge on any atom is 0.119 e. The normalized spacial score (nSPS) is 24.7. The van der Waals surface area contributed by atoms with Crippen LogP contribution < -0.4 is 5.32 Å². The van der Waals surface area contributed by atoms with Gasteiger partial charge in [-0.05, 0) is 25.7 Å². The Bertz CT molecular complexity index is 229. The minimum atomic E-state index is -0.139. The summed E-state index contributed by atoms with van der Waals surface area (Å²) in [7, 11) is 0. The molecule has 1 aliphatic carbocycles. The number of hydrogen-bond acceptors (Lipinski definition) is 4. The zero-order valence-electron chi connectivity index (χ0n) is 8.95. The summed E-state index contributed by atoms with van der Waals surface area (Å²) in [5.41, 5.74) is 0. The van der Waals surface area contributed by atoms with Crippen LogP contribution in [-0.4, -0.2) is 38.0 Å². The molecule has 1 heterocycles. The topological polar surface area (TPSA) is 54.3 Å². The van der Waals surface area contributed by atoms with E-state index in [1.54, 1.807) is 0 Å². The lowest BCUT2D eigenvalue weighted by atomic mass is 10.1. The van der Waals surface area contributed by atoms with E-state index in [0.717, 1.165) is 26.1 Å². The van der Waals surface area contributed by atoms with Gasteiger partial charge < -0.3 is 9.47 Å². The minimum absolute atomic E-state index is 0.139. The van der Waals surface area contributed by atoms with Crippen LogP contribution in [0.2, 0.25) is 0 Å². The highest BCUT2D eigenvalue weighted by Crippen LogP contribution is 2.19. The highest BCUT2D eigenvalue weighted by atomic mass is 16.5. The first kappa shape index (κ1) is 10.9. The molecule has 2 fully saturated rings. The Morgan fingerprint density at radius 2 is 2.07 bits per heavy atom. The third-order valence-corrected chi connectivity index (χ3v) is 2.84. The summed E-state index contributed by atoms with van der Waals surface area (Å²) in [5.74, 6) is 0. The smallest absolute Gasteiger partial charge is 0.119 e. The number of hydrogen-bond donors (Lipinski definition) is 1. The van der Waals surface area contributed by atoms with Gasteiger partial charge >= 0.3 is 0 Å². The van der Waals surface area contributed by atoms with Crippen LogP contribution in [-0.2, 0) is 9.47 Å². The van der Waals surface area contributed by atoms with Crippen LogP contribution in [0, 0.1) is 11.3 Å². The maximum absolute atomic E-state index is 8.91. The van der Waals surface area contributed by atoms with E-state index in [-0.39, 0.29) is 12.1 Å². The summed E-state index contributed by atoms with van der Waals surface area (Å²) in [5, 5.41) is 12.2. The van der Waals surface area contributed by atoms with Crippen LogP contribution in [0.15, 0.2) is 0 Å². The van der Waals surface area contributed by atoms with E-state index in [9.17, 15) is 0 Å². The number of rotatable bonds is 5. The van der Waals surface area contributed by atoms with Gasteiger partial charge in [-0.3, -0.25) is 5.32 Å². The highest BCUT2D eigenvalue weighted by Gasteiger charge is 2.25. The molecule has 1 aliphatic heterocycles. The Labute approximate surface area is 90.5 Å². The Morgan fingerprint density at radius 1 is 1.33 bits per heavy atom. The molecule has 0 aromatic heterocycles. The minimum Gasteiger partial charge on any atom is -0.381 e.